The zero-order chi connectivity index (χ0) is 45.8. The van der Waals surface area contributed by atoms with Crippen molar-refractivity contribution in [2.75, 3.05) is 7.11 Å². The summed E-state index contributed by atoms with van der Waals surface area (Å²) in [6.07, 6.45) is -5.08. The van der Waals surface area contributed by atoms with Crippen molar-refractivity contribution in [2.45, 2.75) is 51.8 Å². The first kappa shape index (κ1) is 48.7. The van der Waals surface area contributed by atoms with E-state index in [9.17, 15) is 27.6 Å². The lowest BCUT2D eigenvalue weighted by atomic mass is 9.86. The first-order valence-corrected chi connectivity index (χ1v) is 19.9. The van der Waals surface area contributed by atoms with Crippen LogP contribution in [0.3, 0.4) is 0 Å². The van der Waals surface area contributed by atoms with Crippen molar-refractivity contribution < 1.29 is 52.3 Å². The van der Waals surface area contributed by atoms with Crippen molar-refractivity contribution in [2.24, 2.45) is 0 Å². The van der Waals surface area contributed by atoms with Gasteiger partial charge in [0.15, 0.2) is 0 Å². The van der Waals surface area contributed by atoms with Crippen LogP contribution in [-0.2, 0) is 39.1 Å². The van der Waals surface area contributed by atoms with Crippen LogP contribution in [0, 0.1) is 0 Å². The Morgan fingerprint density at radius 1 is 0.500 bits per heavy atom. The fourth-order valence-corrected chi connectivity index (χ4v) is 6.80. The van der Waals surface area contributed by atoms with E-state index < -0.39 is 24.3 Å². The second-order valence-electron chi connectivity index (χ2n) is 14.7. The van der Waals surface area contributed by atoms with E-state index in [0.29, 0.717) is 37.3 Å². The Kier molecular flexibility index (Phi) is 17.0. The molecular weight excluding hydrogens is 868 g/mol. The number of alkyl halides is 3. The van der Waals surface area contributed by atoms with E-state index in [2.05, 4.69) is 37.6 Å². The van der Waals surface area contributed by atoms with Gasteiger partial charge >= 0.3 is 24.3 Å². The zero-order valence-corrected chi connectivity index (χ0v) is 36.2. The molecule has 14 heteroatoms. The number of hydrogen-bond acceptors (Lipinski definition) is 5. The summed E-state index contributed by atoms with van der Waals surface area (Å²) < 4.78 is 45.2. The fourth-order valence-electron chi connectivity index (χ4n) is 6.22. The Morgan fingerprint density at radius 2 is 0.806 bits per heavy atom. The molecule has 0 fully saturated rings. The maximum atomic E-state index is 12.1. The van der Waals surface area contributed by atoms with Crippen molar-refractivity contribution in [1.29, 1.82) is 0 Å². The minimum Gasteiger partial charge on any atom is -0.497 e. The quantitative estimate of drug-likeness (QED) is 0.117. The number of aliphatic carboxylic acids is 3. The van der Waals surface area contributed by atoms with E-state index in [1.807, 2.05) is 48.5 Å². The number of methoxy groups -OCH3 is 1. The minimum atomic E-state index is -4.75. The van der Waals surface area contributed by atoms with Crippen LogP contribution in [0.5, 0.6) is 11.5 Å². The molecule has 3 N–H and O–H groups in total. The first-order chi connectivity index (χ1) is 29.1. The number of carboxylic acid groups (broad SMARTS) is 3. The van der Waals surface area contributed by atoms with Gasteiger partial charge in [0.05, 0.1) is 26.4 Å². The predicted molar refractivity (Wildman–Crippen MR) is 237 cm³/mol. The van der Waals surface area contributed by atoms with E-state index in [1.54, 1.807) is 43.5 Å². The van der Waals surface area contributed by atoms with Crippen molar-refractivity contribution in [3.05, 3.63) is 165 Å². The lowest BCUT2D eigenvalue weighted by Crippen LogP contribution is -2.16. The second kappa shape index (κ2) is 21.7. The van der Waals surface area contributed by atoms with Crippen molar-refractivity contribution >= 4 is 52.7 Å². The van der Waals surface area contributed by atoms with Gasteiger partial charge in [0.25, 0.3) is 0 Å². The van der Waals surface area contributed by atoms with Gasteiger partial charge < -0.3 is 24.8 Å². The Labute approximate surface area is 372 Å². The molecule has 8 nitrogen and oxygen atoms in total. The van der Waals surface area contributed by atoms with E-state index in [-0.39, 0.29) is 30.4 Å². The molecule has 0 atom stereocenters. The standard InChI is InChI=1S/C18H19ClO2.C15H10ClF3O3.C15H13ClO3/c1-18(2,3)14-6-4-12(5-7-14)16-9-8-15(19)10-13(16)11-17(20)21;16-11-3-6-13(10(7-11)8-14(20)21)9-1-4-12(5-2-9)22-15(17,18)19;1-19-13-5-2-10(3-6-13)14-7-4-12(16)8-11(14)9-15(17)18/h4-10H,11H2,1-3H3,(H,20,21);1-7H,8H2,(H,20,21);2-8H,9H2,1H3,(H,17,18). The van der Waals surface area contributed by atoms with E-state index in [1.165, 1.54) is 35.9 Å². The molecule has 324 valence electrons. The summed E-state index contributed by atoms with van der Waals surface area (Å²) in [6.45, 7) is 6.50. The van der Waals surface area contributed by atoms with Gasteiger partial charge in [-0.25, -0.2) is 0 Å². The monoisotopic (exact) mass is 908 g/mol. The van der Waals surface area contributed by atoms with Gasteiger partial charge in [0, 0.05) is 15.1 Å². The first-order valence-electron chi connectivity index (χ1n) is 18.7. The van der Waals surface area contributed by atoms with Gasteiger partial charge in [-0.1, -0.05) is 122 Å². The van der Waals surface area contributed by atoms with Gasteiger partial charge in [-0.2, -0.15) is 0 Å². The molecule has 0 aromatic heterocycles. The van der Waals surface area contributed by atoms with E-state index >= 15 is 0 Å². The topological polar surface area (TPSA) is 130 Å². The van der Waals surface area contributed by atoms with Crippen LogP contribution in [0.2, 0.25) is 15.1 Å². The van der Waals surface area contributed by atoms with Gasteiger partial charge in [-0.05, 0) is 122 Å². The van der Waals surface area contributed by atoms with Gasteiger partial charge in [0.1, 0.15) is 11.5 Å². The number of carboxylic acids is 3. The Balaban J connectivity index is 0.000000205. The van der Waals surface area contributed by atoms with Crippen LogP contribution >= 0.6 is 34.8 Å². The summed E-state index contributed by atoms with van der Waals surface area (Å²) in [4.78, 5) is 32.8. The third-order valence-corrected chi connectivity index (χ3v) is 9.79. The Bertz CT molecular complexity index is 2480. The molecule has 6 rings (SSSR count). The molecule has 0 saturated heterocycles. The number of ether oxygens (including phenoxy) is 2. The number of benzene rings is 6. The summed E-state index contributed by atoms with van der Waals surface area (Å²) in [5.74, 6) is -2.34. The lowest BCUT2D eigenvalue weighted by Gasteiger charge is -2.19. The Hall–Kier alpha value is -6.01. The number of hydrogen-bond donors (Lipinski definition) is 3. The highest BCUT2D eigenvalue weighted by Gasteiger charge is 2.31. The van der Waals surface area contributed by atoms with Crippen LogP contribution in [0.4, 0.5) is 13.2 Å². The smallest absolute Gasteiger partial charge is 0.497 e. The minimum absolute atomic E-state index is 0.0308. The summed E-state index contributed by atoms with van der Waals surface area (Å²) >= 11 is 17.8. The molecule has 0 radical (unpaired) electrons. The highest BCUT2D eigenvalue weighted by molar-refractivity contribution is 6.31. The number of rotatable bonds is 11. The molecule has 0 unspecified atom stereocenters. The van der Waals surface area contributed by atoms with Crippen LogP contribution < -0.4 is 9.47 Å². The van der Waals surface area contributed by atoms with Crippen molar-refractivity contribution in [3.8, 4) is 44.9 Å². The molecule has 0 aliphatic carbocycles. The third kappa shape index (κ3) is 15.2. The normalized spacial score (nSPS) is 11.0. The molecule has 0 saturated carbocycles. The molecule has 6 aromatic rings. The SMILES string of the molecule is CC(C)(C)c1ccc(-c2ccc(Cl)cc2CC(=O)O)cc1.COc1ccc(-c2ccc(Cl)cc2CC(=O)O)cc1.O=C(O)Cc1cc(Cl)ccc1-c1ccc(OC(F)(F)F)cc1. The van der Waals surface area contributed by atoms with Crippen LogP contribution in [0.15, 0.2) is 127 Å². The molecule has 0 amide bonds. The van der Waals surface area contributed by atoms with Crippen LogP contribution in [0.25, 0.3) is 33.4 Å². The summed E-state index contributed by atoms with van der Waals surface area (Å²) in [6, 6.07) is 36.3. The van der Waals surface area contributed by atoms with Crippen LogP contribution in [0.1, 0.15) is 43.0 Å². The third-order valence-electron chi connectivity index (χ3n) is 9.09. The van der Waals surface area contributed by atoms with Crippen LogP contribution in [-0.4, -0.2) is 46.7 Å². The number of carbonyl (C=O) groups is 3. The van der Waals surface area contributed by atoms with E-state index in [0.717, 1.165) is 33.6 Å². The highest BCUT2D eigenvalue weighted by Crippen LogP contribution is 2.33. The predicted octanol–water partition coefficient (Wildman–Crippen LogP) is 13.1. The van der Waals surface area contributed by atoms with E-state index in [4.69, 9.17) is 54.9 Å². The van der Waals surface area contributed by atoms with Gasteiger partial charge in [-0.15, -0.1) is 13.2 Å². The molecule has 0 heterocycles. The summed E-state index contributed by atoms with van der Waals surface area (Å²) in [5, 5.41) is 28.4. The molecule has 0 aliphatic heterocycles. The fraction of sp³-hybridized carbons (Fsp3) is 0.188. The molecule has 0 spiro atoms. The summed E-state index contributed by atoms with van der Waals surface area (Å²) in [7, 11) is 1.60. The van der Waals surface area contributed by atoms with Crippen molar-refractivity contribution in [1.82, 2.24) is 0 Å². The molecule has 0 aliphatic rings. The van der Waals surface area contributed by atoms with Gasteiger partial charge in [-0.3, -0.25) is 14.4 Å². The molecule has 6 aromatic carbocycles. The average molecular weight is 910 g/mol. The van der Waals surface area contributed by atoms with Crippen molar-refractivity contribution in [3.63, 3.8) is 0 Å². The highest BCUT2D eigenvalue weighted by atomic mass is 35.5. The lowest BCUT2D eigenvalue weighted by molar-refractivity contribution is -0.274. The number of halogens is 6. The second-order valence-corrected chi connectivity index (χ2v) is 16.1. The Morgan fingerprint density at radius 3 is 1.08 bits per heavy atom. The largest absolute Gasteiger partial charge is 0.573 e. The maximum absolute atomic E-state index is 12.1. The molecule has 62 heavy (non-hydrogen) atoms. The van der Waals surface area contributed by atoms with Gasteiger partial charge in [0.2, 0.25) is 0 Å². The zero-order valence-electron chi connectivity index (χ0n) is 33.9. The summed E-state index contributed by atoms with van der Waals surface area (Å²) in [5.41, 5.74) is 8.16. The maximum Gasteiger partial charge on any atom is 0.573 e. The molecule has 0 bridgehead atoms. The average Bonchev–Trinajstić information content (AvgIpc) is 3.18. The molecular formula is C48H42Cl3F3O8.